The number of carbonyl (C=O) groups excluding carboxylic acids is 4. The third kappa shape index (κ3) is 4.31. The van der Waals surface area contributed by atoms with Crippen molar-refractivity contribution in [2.45, 2.75) is 77.9 Å². The summed E-state index contributed by atoms with van der Waals surface area (Å²) in [6, 6.07) is 0. The predicted molar refractivity (Wildman–Crippen MR) is 142 cm³/mol. The molecule has 0 saturated heterocycles. The Balaban J connectivity index is 1.86. The van der Waals surface area contributed by atoms with Crippen LogP contribution in [0.4, 0.5) is 0 Å². The summed E-state index contributed by atoms with van der Waals surface area (Å²) in [6.07, 6.45) is 3.55. The highest BCUT2D eigenvalue weighted by molar-refractivity contribution is 6.33. The molecule has 8 nitrogen and oxygen atoms in total. The summed E-state index contributed by atoms with van der Waals surface area (Å²) in [5, 5.41) is 9.38. The molecule has 0 aromatic heterocycles. The van der Waals surface area contributed by atoms with Crippen molar-refractivity contribution in [2.75, 3.05) is 0 Å². The summed E-state index contributed by atoms with van der Waals surface area (Å²) in [5.74, 6) is -3.55. The number of fused-ring (bicyclic) bond motifs is 5. The summed E-state index contributed by atoms with van der Waals surface area (Å²) >= 11 is 6.84. The summed E-state index contributed by atoms with van der Waals surface area (Å²) < 4.78 is 11.9. The van der Waals surface area contributed by atoms with Gasteiger partial charge in [0.25, 0.3) is 0 Å². The minimum Gasteiger partial charge on any atom is -0.481 e. The second-order valence-corrected chi connectivity index (χ2v) is 12.1. The molecule has 9 heteroatoms. The Morgan fingerprint density at radius 2 is 1.82 bits per heavy atom. The van der Waals surface area contributed by atoms with Crippen molar-refractivity contribution in [3.8, 4) is 0 Å². The van der Waals surface area contributed by atoms with Crippen LogP contribution in [-0.2, 0) is 33.4 Å². The number of carbonyl (C=O) groups is 5. The van der Waals surface area contributed by atoms with Crippen LogP contribution in [0.1, 0.15) is 66.2 Å². The summed E-state index contributed by atoms with van der Waals surface area (Å²) in [6.45, 7) is 14.7. The molecule has 2 fully saturated rings. The van der Waals surface area contributed by atoms with E-state index in [0.29, 0.717) is 29.0 Å². The molecule has 4 rings (SSSR count). The van der Waals surface area contributed by atoms with E-state index in [1.165, 1.54) is 19.9 Å². The number of hydrogen-bond acceptors (Lipinski definition) is 7. The number of aliphatic carboxylic acids is 1. The molecule has 0 aliphatic heterocycles. The smallest absolute Gasteiger partial charge is 0.306 e. The van der Waals surface area contributed by atoms with Gasteiger partial charge in [0.15, 0.2) is 17.2 Å². The zero-order valence-electron chi connectivity index (χ0n) is 22.8. The average molecular weight is 559 g/mol. The number of allylic oxidation sites excluding steroid dienone is 6. The third-order valence-electron chi connectivity index (χ3n) is 9.78. The van der Waals surface area contributed by atoms with Crippen LogP contribution in [0.15, 0.2) is 47.1 Å². The van der Waals surface area contributed by atoms with Crippen molar-refractivity contribution < 1.29 is 38.6 Å². The Kier molecular flexibility index (Phi) is 7.34. The summed E-state index contributed by atoms with van der Waals surface area (Å²) in [7, 11) is 0. The van der Waals surface area contributed by atoms with Gasteiger partial charge in [-0.15, -0.1) is 0 Å². The standard InChI is InChI=1S/C30H35ClO8/c1-15-16(2)29(6)21(13-23(15)34)22(31)12-19-20-10-11-30(17(3)32,39-18(4)33)28(20,5)14-24(27(19)29)38-26(37)9-7-8-25(35)36/h12-13,19-20,24,27H,1-2,7-11,14H2,3-6H3,(H,35,36)/t19-,20-,24?,27+,28-,29-,30-/m0/s1. The maximum Gasteiger partial charge on any atom is 0.306 e. The monoisotopic (exact) mass is 558 g/mol. The lowest BCUT2D eigenvalue weighted by Crippen LogP contribution is -2.62. The van der Waals surface area contributed by atoms with E-state index < -0.39 is 46.4 Å². The largest absolute Gasteiger partial charge is 0.481 e. The highest BCUT2D eigenvalue weighted by Gasteiger charge is 2.71. The number of carboxylic acids is 1. The lowest BCUT2D eigenvalue weighted by molar-refractivity contribution is -0.199. The number of halogens is 1. The summed E-state index contributed by atoms with van der Waals surface area (Å²) in [4.78, 5) is 62.1. The molecule has 0 bridgehead atoms. The molecule has 39 heavy (non-hydrogen) atoms. The molecule has 0 radical (unpaired) electrons. The van der Waals surface area contributed by atoms with Gasteiger partial charge in [0.05, 0.1) is 0 Å². The van der Waals surface area contributed by atoms with E-state index in [4.69, 9.17) is 26.2 Å². The van der Waals surface area contributed by atoms with Gasteiger partial charge in [-0.05, 0) is 61.7 Å². The first-order valence-electron chi connectivity index (χ1n) is 13.2. The fourth-order valence-electron chi connectivity index (χ4n) is 7.95. The van der Waals surface area contributed by atoms with Gasteiger partial charge < -0.3 is 14.6 Å². The van der Waals surface area contributed by atoms with E-state index in [-0.39, 0.29) is 54.7 Å². The molecule has 4 aliphatic rings. The zero-order valence-corrected chi connectivity index (χ0v) is 23.6. The lowest BCUT2D eigenvalue weighted by atomic mass is 9.46. The van der Waals surface area contributed by atoms with Crippen molar-refractivity contribution in [3.63, 3.8) is 0 Å². The highest BCUT2D eigenvalue weighted by Crippen LogP contribution is 2.69. The van der Waals surface area contributed by atoms with Crippen LogP contribution in [0, 0.1) is 28.6 Å². The molecule has 1 N–H and O–H groups in total. The normalized spacial score (nSPS) is 37.1. The Morgan fingerprint density at radius 1 is 1.15 bits per heavy atom. The Morgan fingerprint density at radius 3 is 2.41 bits per heavy atom. The van der Waals surface area contributed by atoms with Crippen molar-refractivity contribution in [2.24, 2.45) is 28.6 Å². The highest BCUT2D eigenvalue weighted by atomic mass is 35.5. The Hall–Kier alpha value is -3.00. The lowest BCUT2D eigenvalue weighted by Gasteiger charge is -2.60. The van der Waals surface area contributed by atoms with E-state index in [0.717, 1.165) is 0 Å². The zero-order chi connectivity index (χ0) is 29.1. The van der Waals surface area contributed by atoms with Crippen molar-refractivity contribution in [1.29, 1.82) is 0 Å². The van der Waals surface area contributed by atoms with Gasteiger partial charge in [-0.3, -0.25) is 24.0 Å². The van der Waals surface area contributed by atoms with Gasteiger partial charge in [-0.1, -0.05) is 44.7 Å². The molecule has 0 heterocycles. The van der Waals surface area contributed by atoms with Crippen LogP contribution in [0.2, 0.25) is 0 Å². The van der Waals surface area contributed by atoms with E-state index in [1.807, 2.05) is 19.9 Å². The average Bonchev–Trinajstić information content (AvgIpc) is 3.11. The van der Waals surface area contributed by atoms with Crippen LogP contribution in [0.25, 0.3) is 0 Å². The predicted octanol–water partition coefficient (Wildman–Crippen LogP) is 4.86. The van der Waals surface area contributed by atoms with Gasteiger partial charge in [0.1, 0.15) is 6.10 Å². The maximum atomic E-state index is 13.2. The molecule has 0 aromatic carbocycles. The third-order valence-corrected chi connectivity index (χ3v) is 10.1. The fraction of sp³-hybridized carbons (Fsp3) is 0.567. The second-order valence-electron chi connectivity index (χ2n) is 11.7. The quantitative estimate of drug-likeness (QED) is 0.347. The first-order valence-corrected chi connectivity index (χ1v) is 13.6. The van der Waals surface area contributed by atoms with Gasteiger partial charge in [-0.2, -0.15) is 0 Å². The van der Waals surface area contributed by atoms with Crippen molar-refractivity contribution in [3.05, 3.63) is 47.1 Å². The number of hydrogen-bond donors (Lipinski definition) is 1. The minimum absolute atomic E-state index is 0.0930. The van der Waals surface area contributed by atoms with Crippen LogP contribution >= 0.6 is 11.6 Å². The Bertz CT molecular complexity index is 1260. The number of esters is 2. The first-order chi connectivity index (χ1) is 18.1. The number of carboxylic acid groups (broad SMARTS) is 1. The number of ether oxygens (including phenoxy) is 2. The van der Waals surface area contributed by atoms with Gasteiger partial charge in [0, 0.05) is 47.1 Å². The first kappa shape index (κ1) is 29.0. The van der Waals surface area contributed by atoms with E-state index in [1.54, 1.807) is 0 Å². The van der Waals surface area contributed by atoms with Crippen LogP contribution in [0.3, 0.4) is 0 Å². The molecular formula is C30H35ClO8. The van der Waals surface area contributed by atoms with Crippen LogP contribution < -0.4 is 0 Å². The molecule has 0 spiro atoms. The second kappa shape index (κ2) is 9.88. The number of rotatable bonds is 7. The van der Waals surface area contributed by atoms with E-state index in [2.05, 4.69) is 13.2 Å². The molecule has 1 unspecified atom stereocenters. The molecule has 7 atom stereocenters. The van der Waals surface area contributed by atoms with Gasteiger partial charge in [0.2, 0.25) is 0 Å². The Labute approximate surface area is 233 Å². The van der Waals surface area contributed by atoms with Crippen LogP contribution in [-0.4, -0.2) is 46.3 Å². The molecule has 0 amide bonds. The van der Waals surface area contributed by atoms with E-state index >= 15 is 0 Å². The van der Waals surface area contributed by atoms with Gasteiger partial charge >= 0.3 is 17.9 Å². The minimum atomic E-state index is -1.40. The summed E-state index contributed by atoms with van der Waals surface area (Å²) in [5.41, 5.74) is -1.83. The molecule has 210 valence electrons. The number of Topliss-reactive ketones (excluding diaryl/α,β-unsaturated/α-hetero) is 1. The molecule has 2 saturated carbocycles. The van der Waals surface area contributed by atoms with Gasteiger partial charge in [-0.25, -0.2) is 0 Å². The van der Waals surface area contributed by atoms with Crippen molar-refractivity contribution >= 4 is 41.1 Å². The van der Waals surface area contributed by atoms with E-state index in [9.17, 15) is 24.0 Å². The van der Waals surface area contributed by atoms with Crippen molar-refractivity contribution in [1.82, 2.24) is 0 Å². The maximum absolute atomic E-state index is 13.2. The topological polar surface area (TPSA) is 124 Å². The molecular weight excluding hydrogens is 524 g/mol. The SMILES string of the molecule is C=C1C(=C)[C@@]2(C)C(=CC1=O)C(Cl)=C[C@@H]1[C@@H]2C(OC(=O)CCCC(=O)O)C[C@@]2(C)[C@H]1CC[C@]2(OC(C)=O)C(C)=O. The molecule has 0 aromatic rings. The fourth-order valence-corrected chi connectivity index (χ4v) is 8.35. The molecule has 4 aliphatic carbocycles. The number of ketones is 2. The van der Waals surface area contributed by atoms with Crippen LogP contribution in [0.5, 0.6) is 0 Å².